The van der Waals surface area contributed by atoms with Crippen LogP contribution in [0.25, 0.3) is 11.1 Å². The molecular formula is C37H40F4N4O2S. The van der Waals surface area contributed by atoms with E-state index in [1.807, 2.05) is 0 Å². The number of benzene rings is 3. The van der Waals surface area contributed by atoms with E-state index < -0.39 is 173 Å². The number of likely N-dealkylation sites (N-methyl/N-ethyl adjacent to an activating group) is 1. The van der Waals surface area contributed by atoms with Crippen LogP contribution in [0.5, 0.6) is 0 Å². The van der Waals surface area contributed by atoms with E-state index in [1.165, 1.54) is 0 Å². The molecule has 1 aliphatic carbocycles. The van der Waals surface area contributed by atoms with Crippen LogP contribution in [-0.2, 0) is 42.6 Å². The lowest BCUT2D eigenvalue weighted by Gasteiger charge is -2.28. The Morgan fingerprint density at radius 2 is 1.69 bits per heavy atom. The molecule has 11 heteroatoms. The zero-order valence-electron chi connectivity index (χ0n) is 46.6. The molecular weight excluding hydrogens is 640 g/mol. The largest absolute Gasteiger partial charge is 0.416 e. The number of aromatic nitrogens is 2. The van der Waals surface area contributed by atoms with Gasteiger partial charge in [-0.15, -0.1) is 0 Å². The fourth-order valence-corrected chi connectivity index (χ4v) is 5.32. The number of fused-ring (bicyclic) bond motifs is 1. The van der Waals surface area contributed by atoms with E-state index in [-0.39, 0.29) is 40.3 Å². The Labute approximate surface area is 312 Å². The molecule has 0 N–H and O–H groups in total. The molecule has 254 valence electrons. The quantitative estimate of drug-likeness (QED) is 0.0820. The lowest BCUT2D eigenvalue weighted by atomic mass is 9.98. The number of rotatable bonds is 13. The summed E-state index contributed by atoms with van der Waals surface area (Å²) in [6.07, 6.45) is -5.42. The topological polar surface area (TPSA) is 58.4 Å². The predicted molar refractivity (Wildman–Crippen MR) is 181 cm³/mol. The van der Waals surface area contributed by atoms with Crippen LogP contribution in [0.4, 0.5) is 17.6 Å². The van der Waals surface area contributed by atoms with Crippen LogP contribution in [0.15, 0.2) is 76.4 Å². The number of amides is 1. The summed E-state index contributed by atoms with van der Waals surface area (Å²) in [7, 11) is 0. The van der Waals surface area contributed by atoms with Crippen molar-refractivity contribution in [3.05, 3.63) is 116 Å². The van der Waals surface area contributed by atoms with Crippen LogP contribution < -0.4 is 5.56 Å². The summed E-state index contributed by atoms with van der Waals surface area (Å²) >= 11 is 0.369. The second-order valence-electron chi connectivity index (χ2n) is 10.0. The van der Waals surface area contributed by atoms with E-state index in [2.05, 4.69) is 4.98 Å². The van der Waals surface area contributed by atoms with Gasteiger partial charge in [0.25, 0.3) is 5.56 Å². The summed E-state index contributed by atoms with van der Waals surface area (Å²) in [6.45, 7) is -17.5. The van der Waals surface area contributed by atoms with E-state index in [1.54, 1.807) is 0 Å². The summed E-state index contributed by atoms with van der Waals surface area (Å²) in [5.74, 6) is -4.28. The highest BCUT2D eigenvalue weighted by Gasteiger charge is 2.30. The van der Waals surface area contributed by atoms with Crippen LogP contribution in [0.2, 0.25) is 0 Å². The third kappa shape index (κ3) is 8.54. The first-order valence-corrected chi connectivity index (χ1v) is 15.1. The second-order valence-corrected chi connectivity index (χ2v) is 10.9. The Morgan fingerprint density at radius 1 is 1.00 bits per heavy atom. The van der Waals surface area contributed by atoms with Crippen molar-refractivity contribution in [1.82, 2.24) is 19.4 Å². The second kappa shape index (κ2) is 15.5. The first-order valence-electron chi connectivity index (χ1n) is 24.6. The van der Waals surface area contributed by atoms with Crippen LogP contribution in [0.3, 0.4) is 0 Å². The molecule has 5 rings (SSSR count). The molecule has 0 atom stereocenters. The van der Waals surface area contributed by atoms with Crippen molar-refractivity contribution in [2.24, 2.45) is 0 Å². The summed E-state index contributed by atoms with van der Waals surface area (Å²) in [5, 5.41) is -0.708. The minimum Gasteiger partial charge on any atom is -0.336 e. The number of carbonyl (C=O) groups is 1. The van der Waals surface area contributed by atoms with Gasteiger partial charge in [-0.1, -0.05) is 67.9 Å². The Morgan fingerprint density at radius 3 is 2.35 bits per heavy atom. The molecule has 1 heterocycles. The molecule has 0 saturated carbocycles. The van der Waals surface area contributed by atoms with Crippen molar-refractivity contribution < 1.29 is 51.1 Å². The predicted octanol–water partition coefficient (Wildman–Crippen LogP) is 7.53. The van der Waals surface area contributed by atoms with E-state index in [0.29, 0.717) is 30.2 Å². The molecule has 0 bridgehead atoms. The maximum Gasteiger partial charge on any atom is 0.416 e. The number of carbonyl (C=O) groups excluding carboxylic acids is 1. The van der Waals surface area contributed by atoms with Crippen LogP contribution >= 0.6 is 11.8 Å². The molecule has 3 aromatic carbocycles. The van der Waals surface area contributed by atoms with Crippen molar-refractivity contribution >= 4 is 17.7 Å². The summed E-state index contributed by atoms with van der Waals surface area (Å²) in [6, 6.07) is -13.2. The van der Waals surface area contributed by atoms with Gasteiger partial charge in [0.2, 0.25) is 5.91 Å². The van der Waals surface area contributed by atoms with Crippen molar-refractivity contribution in [2.75, 3.05) is 26.0 Å². The van der Waals surface area contributed by atoms with Crippen LogP contribution in [-0.4, -0.2) is 51.2 Å². The normalized spacial score (nSPS) is 20.6. The SMILES string of the molecule is [2H]c1c([2H])c(CSc2nc(=O)c3c(n2C([2H])([2H])C(=O)N(Cc2c([2H])c([2H])c(-c4c([2H])c([2H])c(C(F)(F)F)c([2H])c4[2H])c([2H])c2C)C([2H])([2H])C([2H])([2H])N(C([2H])([2H])C)C([2H])([2H])C)CCC3)c([2H])c([2H])c1F. The van der Waals surface area contributed by atoms with E-state index >= 15 is 4.79 Å². The minimum atomic E-state index is -5.40. The highest BCUT2D eigenvalue weighted by atomic mass is 32.2. The van der Waals surface area contributed by atoms with E-state index in [9.17, 15) is 27.8 Å². The molecule has 0 unspecified atom stereocenters. The minimum absolute atomic E-state index is 0.0274. The molecule has 0 fully saturated rings. The lowest BCUT2D eigenvalue weighted by Crippen LogP contribution is -2.40. The van der Waals surface area contributed by atoms with Gasteiger partial charge in [-0.25, -0.2) is 4.39 Å². The standard InChI is InChI=1S/C37H40F4N4O2S/c1-4-43(5-2)19-20-44(22-29-12-11-28(21-25(29)3)27-13-15-30(16-14-27)37(39,40)41)34(46)23-45-33-8-6-7-32(33)35(47)42-36(45)48-24-26-9-17-31(38)18-10-26/h9-18,21H,4-8,19-20,22-24H2,1-3H3/i4D2,5D2,9D,10D,11D,12D,13D,14D,15D,16D,17D,18D,19D2,20D2,21D,23D2. The van der Waals surface area contributed by atoms with Crippen molar-refractivity contribution in [2.45, 2.75) is 70.2 Å². The molecule has 48 heavy (non-hydrogen) atoms. The Kier molecular flexibility index (Phi) is 5.53. The third-order valence-electron chi connectivity index (χ3n) is 6.87. The third-order valence-corrected chi connectivity index (χ3v) is 7.84. The monoisotopic (exact) mass is 701 g/mol. The highest BCUT2D eigenvalue weighted by molar-refractivity contribution is 7.98. The van der Waals surface area contributed by atoms with Crippen molar-refractivity contribution in [1.29, 1.82) is 0 Å². The zero-order valence-corrected chi connectivity index (χ0v) is 26.4. The van der Waals surface area contributed by atoms with Gasteiger partial charge in [0.05, 0.1) is 26.1 Å². The van der Waals surface area contributed by atoms with Crippen LogP contribution in [0.1, 0.15) is 82.6 Å². The number of nitrogens with zero attached hydrogens (tertiary/aromatic N) is 4. The van der Waals surface area contributed by atoms with Gasteiger partial charge in [0, 0.05) is 44.8 Å². The number of hydrogen-bond acceptors (Lipinski definition) is 5. The van der Waals surface area contributed by atoms with Gasteiger partial charge in [-0.2, -0.15) is 18.2 Å². The van der Waals surface area contributed by atoms with Crippen LogP contribution in [0, 0.1) is 12.7 Å². The van der Waals surface area contributed by atoms with Crippen molar-refractivity contribution in [3.63, 3.8) is 0 Å². The molecule has 4 aromatic rings. The van der Waals surface area contributed by atoms with Gasteiger partial charge in [-0.3, -0.25) is 9.59 Å². The Bertz CT molecular complexity index is 2750. The van der Waals surface area contributed by atoms with Gasteiger partial charge in [0.15, 0.2) is 5.16 Å². The number of thioether (sulfide) groups is 1. The molecule has 1 aliphatic rings. The first kappa shape index (κ1) is 17.1. The molecule has 1 aromatic heterocycles. The average molecular weight is 702 g/mol. The van der Waals surface area contributed by atoms with E-state index in [4.69, 9.17) is 23.3 Å². The van der Waals surface area contributed by atoms with E-state index in [0.717, 1.165) is 6.92 Å². The molecule has 6 nitrogen and oxygen atoms in total. The van der Waals surface area contributed by atoms with Crippen molar-refractivity contribution in [3.8, 4) is 11.1 Å². The molecule has 0 saturated heterocycles. The highest BCUT2D eigenvalue weighted by Crippen LogP contribution is 2.32. The number of halogens is 4. The first-order chi connectivity index (χ1) is 31.2. The molecule has 1 amide bonds. The molecule has 0 aliphatic heterocycles. The average Bonchev–Trinajstić information content (AvgIpc) is 3.70. The maximum absolute atomic E-state index is 15.2. The van der Waals surface area contributed by atoms with Gasteiger partial charge < -0.3 is 14.4 Å². The van der Waals surface area contributed by atoms with Gasteiger partial charge in [0.1, 0.15) is 12.3 Å². The smallest absolute Gasteiger partial charge is 0.336 e. The molecule has 0 radical (unpaired) electrons. The zero-order chi connectivity index (χ0) is 53.0. The fraction of sp³-hybridized carbons (Fsp3) is 0.378. The summed E-state index contributed by atoms with van der Waals surface area (Å²) < 4.78 is 237. The number of hydrogen-bond donors (Lipinski definition) is 0. The Hall–Kier alpha value is -3.96. The van der Waals surface area contributed by atoms with Gasteiger partial charge >= 0.3 is 6.18 Å². The fourth-order valence-electron chi connectivity index (χ4n) is 4.47. The lowest BCUT2D eigenvalue weighted by molar-refractivity contribution is -0.137. The Balaban J connectivity index is 1.81. The summed E-state index contributed by atoms with van der Waals surface area (Å²) in [4.78, 5) is 32.0. The summed E-state index contributed by atoms with van der Waals surface area (Å²) in [5.41, 5.74) is -7.03. The van der Waals surface area contributed by atoms with Gasteiger partial charge in [-0.05, 0) is 91.2 Å². The molecule has 0 spiro atoms. The number of alkyl halides is 3. The maximum atomic E-state index is 15.2.